The van der Waals surface area contributed by atoms with Gasteiger partial charge in [-0.25, -0.2) is 0 Å². The van der Waals surface area contributed by atoms with Crippen molar-refractivity contribution in [2.45, 2.75) is 46.0 Å². The number of nitrogens with one attached hydrogen (secondary N) is 2. The molecule has 3 rings (SSSR count). The van der Waals surface area contributed by atoms with Crippen LogP contribution < -0.4 is 15.5 Å². The molecule has 0 unspecified atom stereocenters. The van der Waals surface area contributed by atoms with Gasteiger partial charge in [-0.3, -0.25) is 9.59 Å². The maximum Gasteiger partial charge on any atom is 0.240 e. The SMILES string of the molecule is CCCNC(=O)C1(C(=O)Nc2ccc(N3CCC(C)CC3)cc2)CC1. The van der Waals surface area contributed by atoms with E-state index in [9.17, 15) is 9.59 Å². The van der Waals surface area contributed by atoms with Crippen LogP contribution in [0.4, 0.5) is 11.4 Å². The Bertz CT molecular complexity index is 614. The molecule has 0 radical (unpaired) electrons. The van der Waals surface area contributed by atoms with Gasteiger partial charge < -0.3 is 15.5 Å². The van der Waals surface area contributed by atoms with E-state index in [0.717, 1.165) is 31.1 Å². The minimum absolute atomic E-state index is 0.133. The fourth-order valence-corrected chi connectivity index (χ4v) is 3.36. The number of benzene rings is 1. The van der Waals surface area contributed by atoms with Gasteiger partial charge in [0.15, 0.2) is 0 Å². The van der Waals surface area contributed by atoms with Gasteiger partial charge >= 0.3 is 0 Å². The predicted octanol–water partition coefficient (Wildman–Crippen LogP) is 3.17. The lowest BCUT2D eigenvalue weighted by Gasteiger charge is -2.32. The van der Waals surface area contributed by atoms with Crippen LogP contribution in [0.1, 0.15) is 46.0 Å². The average molecular weight is 343 g/mol. The smallest absolute Gasteiger partial charge is 0.240 e. The molecule has 0 bridgehead atoms. The van der Waals surface area contributed by atoms with Gasteiger partial charge in [0.05, 0.1) is 0 Å². The third-order valence-corrected chi connectivity index (χ3v) is 5.43. The van der Waals surface area contributed by atoms with Crippen LogP contribution in [0.5, 0.6) is 0 Å². The largest absolute Gasteiger partial charge is 0.372 e. The molecule has 5 nitrogen and oxygen atoms in total. The predicted molar refractivity (Wildman–Crippen MR) is 101 cm³/mol. The summed E-state index contributed by atoms with van der Waals surface area (Å²) in [5.74, 6) is 0.495. The van der Waals surface area contributed by atoms with E-state index in [4.69, 9.17) is 0 Å². The summed E-state index contributed by atoms with van der Waals surface area (Å²) in [4.78, 5) is 27.2. The molecule has 0 spiro atoms. The molecule has 1 heterocycles. The standard InChI is InChI=1S/C20H29N3O2/c1-3-12-21-18(24)20(10-11-20)19(25)22-16-4-6-17(7-5-16)23-13-8-15(2)9-14-23/h4-7,15H,3,8-14H2,1-2H3,(H,21,24)(H,22,25). The summed E-state index contributed by atoms with van der Waals surface area (Å²) >= 11 is 0. The fourth-order valence-electron chi connectivity index (χ4n) is 3.36. The van der Waals surface area contributed by atoms with E-state index in [2.05, 4.69) is 34.6 Å². The topological polar surface area (TPSA) is 61.4 Å². The van der Waals surface area contributed by atoms with E-state index in [1.54, 1.807) is 0 Å². The first-order valence-electron chi connectivity index (χ1n) is 9.50. The fraction of sp³-hybridized carbons (Fsp3) is 0.600. The first-order valence-corrected chi connectivity index (χ1v) is 9.50. The summed E-state index contributed by atoms with van der Waals surface area (Å²) in [6.07, 6.45) is 4.61. The van der Waals surface area contributed by atoms with Crippen molar-refractivity contribution in [1.29, 1.82) is 0 Å². The number of anilines is 2. The highest BCUT2D eigenvalue weighted by atomic mass is 16.2. The normalized spacial score (nSPS) is 19.4. The molecule has 1 saturated heterocycles. The maximum absolute atomic E-state index is 12.5. The number of rotatable bonds is 6. The molecule has 1 aliphatic carbocycles. The Morgan fingerprint density at radius 1 is 1.12 bits per heavy atom. The van der Waals surface area contributed by atoms with Crippen molar-refractivity contribution in [1.82, 2.24) is 5.32 Å². The Hall–Kier alpha value is -2.04. The Labute approximate surface area is 150 Å². The number of hydrogen-bond donors (Lipinski definition) is 2. The molecule has 1 aromatic rings. The van der Waals surface area contributed by atoms with Crippen molar-refractivity contribution in [3.8, 4) is 0 Å². The molecule has 0 aromatic heterocycles. The molecule has 1 aromatic carbocycles. The Kier molecular flexibility index (Phi) is 5.30. The summed E-state index contributed by atoms with van der Waals surface area (Å²) in [6.45, 7) is 7.11. The Balaban J connectivity index is 1.58. The van der Waals surface area contributed by atoms with E-state index in [1.807, 2.05) is 19.1 Å². The second-order valence-corrected chi connectivity index (χ2v) is 7.51. The lowest BCUT2D eigenvalue weighted by atomic mass is 9.99. The third kappa shape index (κ3) is 3.97. The number of amides is 2. The van der Waals surface area contributed by atoms with Crippen LogP contribution in [-0.4, -0.2) is 31.4 Å². The monoisotopic (exact) mass is 343 g/mol. The second kappa shape index (κ2) is 7.46. The van der Waals surface area contributed by atoms with Crippen LogP contribution >= 0.6 is 0 Å². The molecule has 2 aliphatic rings. The number of carbonyl (C=O) groups excluding carboxylic acids is 2. The zero-order valence-electron chi connectivity index (χ0n) is 15.3. The molecule has 1 aliphatic heterocycles. The highest BCUT2D eigenvalue weighted by molar-refractivity contribution is 6.13. The van der Waals surface area contributed by atoms with Crippen LogP contribution in [0.2, 0.25) is 0 Å². The molecular formula is C20H29N3O2. The first-order chi connectivity index (χ1) is 12.0. The van der Waals surface area contributed by atoms with Crippen LogP contribution in [-0.2, 0) is 9.59 Å². The molecule has 1 saturated carbocycles. The van der Waals surface area contributed by atoms with Crippen molar-refractivity contribution < 1.29 is 9.59 Å². The van der Waals surface area contributed by atoms with Gasteiger partial charge in [0.25, 0.3) is 0 Å². The van der Waals surface area contributed by atoms with E-state index < -0.39 is 5.41 Å². The lowest BCUT2D eigenvalue weighted by Crippen LogP contribution is -2.40. The molecule has 2 fully saturated rings. The molecular weight excluding hydrogens is 314 g/mol. The zero-order valence-corrected chi connectivity index (χ0v) is 15.3. The lowest BCUT2D eigenvalue weighted by molar-refractivity contribution is -0.134. The van der Waals surface area contributed by atoms with Gasteiger partial charge in [0.2, 0.25) is 11.8 Å². The van der Waals surface area contributed by atoms with Crippen molar-refractivity contribution in [3.05, 3.63) is 24.3 Å². The van der Waals surface area contributed by atoms with E-state index in [1.165, 1.54) is 18.5 Å². The average Bonchev–Trinajstić information content (AvgIpc) is 3.43. The zero-order chi connectivity index (χ0) is 17.9. The highest BCUT2D eigenvalue weighted by Gasteiger charge is 2.56. The second-order valence-electron chi connectivity index (χ2n) is 7.51. The number of nitrogens with zero attached hydrogens (tertiary/aromatic N) is 1. The van der Waals surface area contributed by atoms with Gasteiger partial charge in [0, 0.05) is 31.0 Å². The van der Waals surface area contributed by atoms with Gasteiger partial charge in [-0.2, -0.15) is 0 Å². The van der Waals surface area contributed by atoms with Gasteiger partial charge in [-0.05, 0) is 62.3 Å². The van der Waals surface area contributed by atoms with Gasteiger partial charge in [-0.1, -0.05) is 13.8 Å². The summed E-state index contributed by atoms with van der Waals surface area (Å²) in [6, 6.07) is 7.99. The van der Waals surface area contributed by atoms with E-state index in [-0.39, 0.29) is 11.8 Å². The maximum atomic E-state index is 12.5. The summed E-state index contributed by atoms with van der Waals surface area (Å²) in [5, 5.41) is 5.77. The van der Waals surface area contributed by atoms with Gasteiger partial charge in [0.1, 0.15) is 5.41 Å². The summed E-state index contributed by atoms with van der Waals surface area (Å²) in [7, 11) is 0. The van der Waals surface area contributed by atoms with Crippen LogP contribution in [0.3, 0.4) is 0 Å². The highest BCUT2D eigenvalue weighted by Crippen LogP contribution is 2.46. The molecule has 136 valence electrons. The quantitative estimate of drug-likeness (QED) is 0.780. The minimum atomic E-state index is -0.850. The van der Waals surface area contributed by atoms with Gasteiger partial charge in [-0.15, -0.1) is 0 Å². The van der Waals surface area contributed by atoms with Crippen LogP contribution in [0.25, 0.3) is 0 Å². The third-order valence-electron chi connectivity index (χ3n) is 5.43. The van der Waals surface area contributed by atoms with Crippen molar-refractivity contribution in [2.24, 2.45) is 11.3 Å². The number of piperidine rings is 1. The van der Waals surface area contributed by atoms with Crippen LogP contribution in [0.15, 0.2) is 24.3 Å². The Morgan fingerprint density at radius 2 is 1.76 bits per heavy atom. The molecule has 0 atom stereocenters. The van der Waals surface area contributed by atoms with Crippen LogP contribution in [0, 0.1) is 11.3 Å². The molecule has 2 amide bonds. The summed E-state index contributed by atoms with van der Waals surface area (Å²) in [5.41, 5.74) is 1.11. The van der Waals surface area contributed by atoms with Crippen molar-refractivity contribution in [2.75, 3.05) is 29.9 Å². The van der Waals surface area contributed by atoms with Crippen molar-refractivity contribution in [3.63, 3.8) is 0 Å². The number of hydrogen-bond acceptors (Lipinski definition) is 3. The first kappa shape index (κ1) is 17.8. The minimum Gasteiger partial charge on any atom is -0.372 e. The van der Waals surface area contributed by atoms with Crippen molar-refractivity contribution >= 4 is 23.2 Å². The molecule has 25 heavy (non-hydrogen) atoms. The number of carbonyl (C=O) groups is 2. The van der Waals surface area contributed by atoms with E-state index >= 15 is 0 Å². The van der Waals surface area contributed by atoms with E-state index in [0.29, 0.717) is 19.4 Å². The molecule has 5 heteroatoms. The summed E-state index contributed by atoms with van der Waals surface area (Å²) < 4.78 is 0. The molecule has 2 N–H and O–H groups in total. The Morgan fingerprint density at radius 3 is 2.32 bits per heavy atom.